The number of imide groups is 1. The van der Waals surface area contributed by atoms with Crippen LogP contribution in [0.4, 0.5) is 5.69 Å². The van der Waals surface area contributed by atoms with E-state index < -0.39 is 17.8 Å². The molecule has 1 saturated heterocycles. The van der Waals surface area contributed by atoms with Crippen LogP contribution in [0.3, 0.4) is 0 Å². The molecular formula is C26H28N2O5. The topological polar surface area (TPSA) is 87.2 Å². The Labute approximate surface area is 193 Å². The van der Waals surface area contributed by atoms with E-state index in [1.807, 2.05) is 42.2 Å². The van der Waals surface area contributed by atoms with Gasteiger partial charge in [-0.05, 0) is 55.0 Å². The van der Waals surface area contributed by atoms with Gasteiger partial charge >= 0.3 is 5.97 Å². The Morgan fingerprint density at radius 2 is 1.79 bits per heavy atom. The lowest BCUT2D eigenvalue weighted by atomic mass is 9.97. The van der Waals surface area contributed by atoms with Gasteiger partial charge in [-0.3, -0.25) is 9.59 Å². The van der Waals surface area contributed by atoms with Crippen LogP contribution in [0, 0.1) is 5.92 Å². The van der Waals surface area contributed by atoms with E-state index in [1.54, 1.807) is 24.3 Å². The maximum absolute atomic E-state index is 13.6. The zero-order valence-electron chi connectivity index (χ0n) is 18.7. The Kier molecular flexibility index (Phi) is 6.89. The third kappa shape index (κ3) is 4.54. The number of hydrogen-bond acceptors (Lipinski definition) is 6. The number of ether oxygens (including phenoxy) is 1. The standard InChI is InChI=1S/C26H28N2O5/c1-2-15-33-26(32)20-10-12-21(13-11-20)28-24(30)22(19-8-4-3-5-9-19)23(25(28)31)27-14-6-7-18(16-27)17-29/h3-5,8-13,18,29H,2,6-7,14-17H2,1H3. The molecule has 33 heavy (non-hydrogen) atoms. The van der Waals surface area contributed by atoms with Crippen LogP contribution in [-0.2, 0) is 14.3 Å². The second kappa shape index (κ2) is 10.0. The fourth-order valence-corrected chi connectivity index (χ4v) is 4.35. The van der Waals surface area contributed by atoms with Crippen molar-refractivity contribution in [3.05, 3.63) is 71.4 Å². The first-order valence-corrected chi connectivity index (χ1v) is 11.4. The average Bonchev–Trinajstić information content (AvgIpc) is 3.12. The number of nitrogens with zero attached hydrogens (tertiary/aromatic N) is 2. The van der Waals surface area contributed by atoms with Gasteiger partial charge in [-0.2, -0.15) is 0 Å². The van der Waals surface area contributed by atoms with Gasteiger partial charge in [0.25, 0.3) is 11.8 Å². The molecule has 1 fully saturated rings. The highest BCUT2D eigenvalue weighted by Crippen LogP contribution is 2.36. The first-order valence-electron chi connectivity index (χ1n) is 11.4. The Morgan fingerprint density at radius 1 is 1.06 bits per heavy atom. The SMILES string of the molecule is CCCOC(=O)c1ccc(N2C(=O)C(c3ccccc3)=C(N3CCCC(CO)C3)C2=O)cc1. The number of amides is 2. The Hall–Kier alpha value is -3.45. The molecular weight excluding hydrogens is 420 g/mol. The molecule has 0 bridgehead atoms. The van der Waals surface area contributed by atoms with Crippen molar-refractivity contribution >= 4 is 29.0 Å². The van der Waals surface area contributed by atoms with Gasteiger partial charge in [-0.25, -0.2) is 9.69 Å². The monoisotopic (exact) mass is 448 g/mol. The number of aliphatic hydroxyl groups is 1. The molecule has 0 aliphatic carbocycles. The summed E-state index contributed by atoms with van der Waals surface area (Å²) >= 11 is 0. The van der Waals surface area contributed by atoms with E-state index in [1.165, 1.54) is 4.90 Å². The zero-order chi connectivity index (χ0) is 23.4. The van der Waals surface area contributed by atoms with Gasteiger partial charge < -0.3 is 14.7 Å². The number of hydrogen-bond donors (Lipinski definition) is 1. The van der Waals surface area contributed by atoms with Gasteiger partial charge in [0.05, 0.1) is 23.4 Å². The van der Waals surface area contributed by atoms with Crippen molar-refractivity contribution in [1.82, 2.24) is 4.90 Å². The first kappa shape index (κ1) is 22.7. The van der Waals surface area contributed by atoms with Crippen molar-refractivity contribution in [3.8, 4) is 0 Å². The van der Waals surface area contributed by atoms with Crippen molar-refractivity contribution < 1.29 is 24.2 Å². The number of aliphatic hydroxyl groups excluding tert-OH is 1. The number of esters is 1. The first-order chi connectivity index (χ1) is 16.0. The number of carbonyl (C=O) groups excluding carboxylic acids is 3. The third-order valence-electron chi connectivity index (χ3n) is 6.01. The Bertz CT molecular complexity index is 1060. The molecule has 2 aliphatic rings. The van der Waals surface area contributed by atoms with Crippen molar-refractivity contribution in [2.24, 2.45) is 5.92 Å². The maximum atomic E-state index is 13.6. The molecule has 2 amide bonds. The van der Waals surface area contributed by atoms with E-state index in [0.29, 0.717) is 47.8 Å². The Morgan fingerprint density at radius 3 is 2.45 bits per heavy atom. The van der Waals surface area contributed by atoms with Gasteiger partial charge in [-0.15, -0.1) is 0 Å². The van der Waals surface area contributed by atoms with Crippen LogP contribution in [0.5, 0.6) is 0 Å². The summed E-state index contributed by atoms with van der Waals surface area (Å²) in [6, 6.07) is 15.5. The zero-order valence-corrected chi connectivity index (χ0v) is 18.7. The fourth-order valence-electron chi connectivity index (χ4n) is 4.35. The van der Waals surface area contributed by atoms with Crippen LogP contribution in [0.2, 0.25) is 0 Å². The second-order valence-corrected chi connectivity index (χ2v) is 8.35. The van der Waals surface area contributed by atoms with Crippen molar-refractivity contribution in [3.63, 3.8) is 0 Å². The van der Waals surface area contributed by atoms with E-state index in [2.05, 4.69) is 0 Å². The quantitative estimate of drug-likeness (QED) is 0.517. The molecule has 0 saturated carbocycles. The summed E-state index contributed by atoms with van der Waals surface area (Å²) in [5, 5.41) is 9.66. The number of rotatable bonds is 7. The summed E-state index contributed by atoms with van der Waals surface area (Å²) < 4.78 is 5.16. The number of benzene rings is 2. The minimum Gasteiger partial charge on any atom is -0.462 e. The summed E-state index contributed by atoms with van der Waals surface area (Å²) in [5.74, 6) is -1.16. The van der Waals surface area contributed by atoms with Gasteiger partial charge in [0, 0.05) is 19.7 Å². The molecule has 2 heterocycles. The van der Waals surface area contributed by atoms with E-state index in [-0.39, 0.29) is 12.5 Å². The van der Waals surface area contributed by atoms with E-state index in [4.69, 9.17) is 4.74 Å². The molecule has 4 rings (SSSR count). The molecule has 0 radical (unpaired) electrons. The van der Waals surface area contributed by atoms with Crippen molar-refractivity contribution in [1.29, 1.82) is 0 Å². The van der Waals surface area contributed by atoms with Gasteiger partial charge in [0.1, 0.15) is 5.70 Å². The van der Waals surface area contributed by atoms with Crippen LogP contribution < -0.4 is 4.90 Å². The van der Waals surface area contributed by atoms with Gasteiger partial charge in [0.15, 0.2) is 0 Å². The normalized spacial score (nSPS) is 18.8. The van der Waals surface area contributed by atoms with Gasteiger partial charge in [0.2, 0.25) is 0 Å². The highest BCUT2D eigenvalue weighted by atomic mass is 16.5. The predicted molar refractivity (Wildman–Crippen MR) is 124 cm³/mol. The smallest absolute Gasteiger partial charge is 0.338 e. The summed E-state index contributed by atoms with van der Waals surface area (Å²) in [4.78, 5) is 42.4. The average molecular weight is 449 g/mol. The number of carbonyl (C=O) groups is 3. The highest BCUT2D eigenvalue weighted by molar-refractivity contribution is 6.45. The van der Waals surface area contributed by atoms with E-state index in [0.717, 1.165) is 19.3 Å². The molecule has 172 valence electrons. The number of piperidine rings is 1. The fraction of sp³-hybridized carbons (Fsp3) is 0.346. The predicted octanol–water partition coefficient (Wildman–Crippen LogP) is 3.24. The molecule has 2 aromatic carbocycles. The van der Waals surface area contributed by atoms with Crippen LogP contribution in [0.15, 0.2) is 60.3 Å². The molecule has 1 unspecified atom stereocenters. The van der Waals surface area contributed by atoms with Gasteiger partial charge in [-0.1, -0.05) is 37.3 Å². The molecule has 2 aromatic rings. The minimum absolute atomic E-state index is 0.0475. The lowest BCUT2D eigenvalue weighted by Crippen LogP contribution is -2.40. The largest absolute Gasteiger partial charge is 0.462 e. The minimum atomic E-state index is -0.436. The third-order valence-corrected chi connectivity index (χ3v) is 6.01. The highest BCUT2D eigenvalue weighted by Gasteiger charge is 2.43. The molecule has 7 heteroatoms. The van der Waals surface area contributed by atoms with Crippen molar-refractivity contribution in [2.45, 2.75) is 26.2 Å². The van der Waals surface area contributed by atoms with Crippen LogP contribution in [0.1, 0.15) is 42.1 Å². The number of anilines is 1. The molecule has 2 aliphatic heterocycles. The maximum Gasteiger partial charge on any atom is 0.338 e. The summed E-state index contributed by atoms with van der Waals surface area (Å²) in [6.07, 6.45) is 2.46. The lowest BCUT2D eigenvalue weighted by Gasteiger charge is -2.34. The van der Waals surface area contributed by atoms with Crippen LogP contribution in [0.25, 0.3) is 5.57 Å². The molecule has 1 N–H and O–H groups in total. The second-order valence-electron chi connectivity index (χ2n) is 8.35. The van der Waals surface area contributed by atoms with Crippen molar-refractivity contribution in [2.75, 3.05) is 31.2 Å². The summed E-state index contributed by atoms with van der Waals surface area (Å²) in [5.41, 5.74) is 2.18. The lowest BCUT2D eigenvalue weighted by molar-refractivity contribution is -0.120. The number of likely N-dealkylation sites (tertiary alicyclic amines) is 1. The van der Waals surface area contributed by atoms with Crippen LogP contribution in [-0.4, -0.2) is 54.1 Å². The van der Waals surface area contributed by atoms with E-state index >= 15 is 0 Å². The summed E-state index contributed by atoms with van der Waals surface area (Å²) in [7, 11) is 0. The molecule has 7 nitrogen and oxygen atoms in total. The van der Waals surface area contributed by atoms with Crippen LogP contribution >= 0.6 is 0 Å². The summed E-state index contributed by atoms with van der Waals surface area (Å²) in [6.45, 7) is 3.48. The molecule has 0 aromatic heterocycles. The molecule has 1 atom stereocenters. The Balaban J connectivity index is 1.68. The molecule has 0 spiro atoms. The van der Waals surface area contributed by atoms with E-state index in [9.17, 15) is 19.5 Å².